The smallest absolute Gasteiger partial charge is 0.119 e. The Labute approximate surface area is 146 Å². The van der Waals surface area contributed by atoms with Crippen LogP contribution in [0.15, 0.2) is 66.3 Å². The summed E-state index contributed by atoms with van der Waals surface area (Å²) in [5.74, 6) is 0.898. The number of rotatable bonds is 9. The van der Waals surface area contributed by atoms with Crippen molar-refractivity contribution in [1.29, 1.82) is 0 Å². The summed E-state index contributed by atoms with van der Waals surface area (Å²) >= 11 is 0. The molecule has 1 aliphatic carbocycles. The van der Waals surface area contributed by atoms with Crippen molar-refractivity contribution in [3.8, 4) is 5.75 Å². The molecule has 0 aromatic heterocycles. The molecule has 24 heavy (non-hydrogen) atoms. The molecule has 0 unspecified atom stereocenters. The molecule has 0 heterocycles. The van der Waals surface area contributed by atoms with E-state index in [1.54, 1.807) is 17.2 Å². The molecule has 0 aliphatic heterocycles. The van der Waals surface area contributed by atoms with Crippen LogP contribution >= 0.6 is 0 Å². The summed E-state index contributed by atoms with van der Waals surface area (Å²) in [4.78, 5) is 0. The second-order valence-electron chi connectivity index (χ2n) is 6.26. The van der Waals surface area contributed by atoms with Crippen molar-refractivity contribution < 1.29 is 4.74 Å². The summed E-state index contributed by atoms with van der Waals surface area (Å²) in [6.07, 6.45) is 13.6. The molecule has 0 atom stereocenters. The Morgan fingerprint density at radius 3 is 2.62 bits per heavy atom. The lowest BCUT2D eigenvalue weighted by molar-refractivity contribution is 0.306. The van der Waals surface area contributed by atoms with Crippen LogP contribution < -0.4 is 15.2 Å². The highest BCUT2D eigenvalue weighted by atomic mass is 16.5. The summed E-state index contributed by atoms with van der Waals surface area (Å²) in [5, 5.41) is 2.05. The predicted octanol–water partition coefficient (Wildman–Crippen LogP) is 4.84. The van der Waals surface area contributed by atoms with Crippen molar-refractivity contribution >= 4 is 12.7 Å². The van der Waals surface area contributed by atoms with E-state index >= 15 is 0 Å². The van der Waals surface area contributed by atoms with Crippen molar-refractivity contribution in [3.63, 3.8) is 0 Å². The monoisotopic (exact) mass is 320 g/mol. The van der Waals surface area contributed by atoms with E-state index in [1.807, 2.05) is 30.4 Å². The van der Waals surface area contributed by atoms with Gasteiger partial charge in [0, 0.05) is 0 Å². The van der Waals surface area contributed by atoms with E-state index in [-0.39, 0.29) is 0 Å². The van der Waals surface area contributed by atoms with Crippen LogP contribution in [-0.2, 0) is 0 Å². The number of ether oxygens (including phenoxy) is 1. The fourth-order valence-corrected chi connectivity index (χ4v) is 2.96. The predicted molar refractivity (Wildman–Crippen MR) is 105 cm³/mol. The molecule has 1 aromatic rings. The molecule has 1 aliphatic rings. The molecule has 2 rings (SSSR count). The second-order valence-corrected chi connectivity index (χ2v) is 6.26. The van der Waals surface area contributed by atoms with Gasteiger partial charge in [-0.05, 0) is 72.7 Å². The molecule has 0 fully saturated rings. The maximum atomic E-state index is 5.88. The Kier molecular flexibility index (Phi) is 6.87. The maximum absolute atomic E-state index is 5.88. The van der Waals surface area contributed by atoms with Crippen LogP contribution in [0.1, 0.15) is 39.0 Å². The average Bonchev–Trinajstić information content (AvgIpc) is 2.56. The van der Waals surface area contributed by atoms with Crippen molar-refractivity contribution in [2.24, 2.45) is 0 Å². The van der Waals surface area contributed by atoms with Crippen LogP contribution in [0.5, 0.6) is 5.75 Å². The Hall–Kier alpha value is -2.28. The third kappa shape index (κ3) is 4.86. The van der Waals surface area contributed by atoms with E-state index in [4.69, 9.17) is 4.74 Å². The van der Waals surface area contributed by atoms with E-state index in [0.717, 1.165) is 42.1 Å². The molecule has 0 saturated carbocycles. The molecule has 0 amide bonds. The molecular weight excluding hydrogens is 292 g/mol. The quantitative estimate of drug-likeness (QED) is 0.467. The lowest BCUT2D eigenvalue weighted by atomic mass is 9.82. The SMILES string of the molecule is C=C/C=C(/CCCCOc1ccc(=C)/c(=C/C=C)c1)C1=C(C)CC1. The number of allylic oxidation sites excluding steroid dienone is 6. The molecule has 1 nitrogen and oxygen atoms in total. The third-order valence-electron chi connectivity index (χ3n) is 4.50. The van der Waals surface area contributed by atoms with Gasteiger partial charge in [0.2, 0.25) is 0 Å². The molecular formula is C23H28O. The van der Waals surface area contributed by atoms with Gasteiger partial charge in [-0.25, -0.2) is 0 Å². The first-order valence-electron chi connectivity index (χ1n) is 8.71. The van der Waals surface area contributed by atoms with Crippen molar-refractivity contribution in [3.05, 3.63) is 76.7 Å². The highest BCUT2D eigenvalue weighted by Crippen LogP contribution is 2.35. The van der Waals surface area contributed by atoms with Crippen molar-refractivity contribution in [1.82, 2.24) is 0 Å². The minimum Gasteiger partial charge on any atom is -0.494 e. The fraction of sp³-hybridized carbons (Fsp3) is 0.304. The lowest BCUT2D eigenvalue weighted by Crippen LogP contribution is -2.22. The Morgan fingerprint density at radius 1 is 1.17 bits per heavy atom. The van der Waals surface area contributed by atoms with Crippen molar-refractivity contribution in [2.75, 3.05) is 6.61 Å². The van der Waals surface area contributed by atoms with Gasteiger partial charge in [-0.15, -0.1) is 0 Å². The number of hydrogen-bond acceptors (Lipinski definition) is 1. The van der Waals surface area contributed by atoms with Crippen molar-refractivity contribution in [2.45, 2.75) is 39.0 Å². The standard InChI is InChI=1S/C23H28O/c1-5-9-20(23-15-13-19(23)4)11-7-8-16-24-22-14-12-18(3)21(17-22)10-6-2/h5-6,9-10,12,14,17H,1-3,7-8,11,13,15-16H2,4H3/b20-9-,21-10+. The van der Waals surface area contributed by atoms with Crippen LogP contribution in [-0.4, -0.2) is 6.61 Å². The van der Waals surface area contributed by atoms with Gasteiger partial charge >= 0.3 is 0 Å². The van der Waals surface area contributed by atoms with Gasteiger partial charge in [0.1, 0.15) is 5.75 Å². The lowest BCUT2D eigenvalue weighted by Gasteiger charge is -2.23. The van der Waals surface area contributed by atoms with Gasteiger partial charge in [-0.1, -0.05) is 55.7 Å². The van der Waals surface area contributed by atoms with Gasteiger partial charge in [-0.3, -0.25) is 0 Å². The minimum atomic E-state index is 0.740. The molecule has 0 N–H and O–H groups in total. The highest BCUT2D eigenvalue weighted by Gasteiger charge is 2.16. The van der Waals surface area contributed by atoms with E-state index in [9.17, 15) is 0 Å². The van der Waals surface area contributed by atoms with E-state index in [2.05, 4.69) is 32.7 Å². The molecule has 0 spiro atoms. The molecule has 1 heteroatoms. The summed E-state index contributed by atoms with van der Waals surface area (Å²) < 4.78 is 5.88. The minimum absolute atomic E-state index is 0.740. The van der Waals surface area contributed by atoms with E-state index < -0.39 is 0 Å². The zero-order valence-electron chi connectivity index (χ0n) is 14.8. The van der Waals surface area contributed by atoms with Gasteiger partial charge in [0.15, 0.2) is 0 Å². The van der Waals surface area contributed by atoms with Gasteiger partial charge < -0.3 is 4.74 Å². The molecule has 0 bridgehead atoms. The first kappa shape index (κ1) is 18.1. The molecule has 0 radical (unpaired) electrons. The zero-order valence-corrected chi connectivity index (χ0v) is 14.8. The van der Waals surface area contributed by atoms with Gasteiger partial charge in [0.05, 0.1) is 6.61 Å². The number of benzene rings is 1. The normalized spacial score (nSPS) is 15.2. The fourth-order valence-electron chi connectivity index (χ4n) is 2.96. The van der Waals surface area contributed by atoms with Gasteiger partial charge in [0.25, 0.3) is 0 Å². The highest BCUT2D eigenvalue weighted by molar-refractivity contribution is 5.42. The second kappa shape index (κ2) is 9.12. The number of unbranched alkanes of at least 4 members (excludes halogenated alkanes) is 1. The summed E-state index contributed by atoms with van der Waals surface area (Å²) in [7, 11) is 0. The Morgan fingerprint density at radius 2 is 2.00 bits per heavy atom. The molecule has 0 saturated heterocycles. The first-order chi connectivity index (χ1) is 11.7. The van der Waals surface area contributed by atoms with Crippen LogP contribution in [0, 0.1) is 0 Å². The zero-order chi connectivity index (χ0) is 17.4. The van der Waals surface area contributed by atoms with Gasteiger partial charge in [-0.2, -0.15) is 0 Å². The Bertz CT molecular complexity index is 762. The van der Waals surface area contributed by atoms with Crippen LogP contribution in [0.3, 0.4) is 0 Å². The van der Waals surface area contributed by atoms with E-state index in [0.29, 0.717) is 0 Å². The van der Waals surface area contributed by atoms with E-state index in [1.165, 1.54) is 18.4 Å². The van der Waals surface area contributed by atoms with Crippen LogP contribution in [0.25, 0.3) is 12.7 Å². The summed E-state index contributed by atoms with van der Waals surface area (Å²) in [6, 6.07) is 5.99. The maximum Gasteiger partial charge on any atom is 0.119 e. The third-order valence-corrected chi connectivity index (χ3v) is 4.50. The first-order valence-corrected chi connectivity index (χ1v) is 8.71. The summed E-state index contributed by atoms with van der Waals surface area (Å²) in [6.45, 7) is 14.6. The summed E-state index contributed by atoms with van der Waals surface area (Å²) in [5.41, 5.74) is 4.54. The Balaban J connectivity index is 1.82. The number of hydrogen-bond donors (Lipinski definition) is 0. The molecule has 126 valence electrons. The largest absolute Gasteiger partial charge is 0.494 e. The molecule has 1 aromatic carbocycles. The van der Waals surface area contributed by atoms with Crippen LogP contribution in [0.4, 0.5) is 0 Å². The topological polar surface area (TPSA) is 9.23 Å². The van der Waals surface area contributed by atoms with Crippen LogP contribution in [0.2, 0.25) is 0 Å². The average molecular weight is 320 g/mol.